The van der Waals surface area contributed by atoms with Gasteiger partial charge in [-0.05, 0) is 25.8 Å². The van der Waals surface area contributed by atoms with Crippen molar-refractivity contribution in [2.24, 2.45) is 0 Å². The predicted molar refractivity (Wildman–Crippen MR) is 67.2 cm³/mol. The molecule has 0 spiro atoms. The Balaban J connectivity index is 2.80. The number of aromatic nitrogens is 2. The largest absolute Gasteiger partial charge is 0.370 e. The second kappa shape index (κ2) is 7.22. The fraction of sp³-hybridized carbons (Fsp3) is 0.692. The molecular weight excluding hydrogens is 216 g/mol. The lowest BCUT2D eigenvalue weighted by molar-refractivity contribution is 0.0413. The molecule has 1 heterocycles. The molecular formula is C13H22N2O2. The molecule has 1 unspecified atom stereocenters. The second-order valence-corrected chi connectivity index (χ2v) is 4.04. The van der Waals surface area contributed by atoms with Gasteiger partial charge < -0.3 is 4.74 Å². The topological polar surface area (TPSA) is 44.1 Å². The second-order valence-electron chi connectivity index (χ2n) is 4.04. The summed E-state index contributed by atoms with van der Waals surface area (Å²) in [5.74, 6) is 0.0552. The van der Waals surface area contributed by atoms with Gasteiger partial charge in [0.05, 0.1) is 0 Å². The zero-order chi connectivity index (χ0) is 12.7. The summed E-state index contributed by atoms with van der Waals surface area (Å²) < 4.78 is 7.28. The smallest absolute Gasteiger partial charge is 0.209 e. The lowest BCUT2D eigenvalue weighted by Gasteiger charge is -2.15. The highest BCUT2D eigenvalue weighted by Crippen LogP contribution is 2.11. The first kappa shape index (κ1) is 13.9. The van der Waals surface area contributed by atoms with Gasteiger partial charge in [-0.2, -0.15) is 5.10 Å². The van der Waals surface area contributed by atoms with Crippen LogP contribution in [-0.2, 0) is 11.3 Å². The minimum absolute atomic E-state index is 0.0552. The molecule has 0 fully saturated rings. The van der Waals surface area contributed by atoms with E-state index in [1.807, 2.05) is 6.92 Å². The average Bonchev–Trinajstić information content (AvgIpc) is 2.77. The summed E-state index contributed by atoms with van der Waals surface area (Å²) >= 11 is 0. The third kappa shape index (κ3) is 3.66. The first-order valence-electron chi connectivity index (χ1n) is 6.42. The zero-order valence-electron chi connectivity index (χ0n) is 11.0. The molecule has 96 valence electrons. The van der Waals surface area contributed by atoms with Crippen molar-refractivity contribution in [3.05, 3.63) is 18.0 Å². The van der Waals surface area contributed by atoms with Crippen molar-refractivity contribution in [3.8, 4) is 0 Å². The summed E-state index contributed by atoms with van der Waals surface area (Å²) in [6.45, 7) is 7.39. The van der Waals surface area contributed by atoms with E-state index in [2.05, 4.69) is 18.9 Å². The number of hydrogen-bond donors (Lipinski definition) is 0. The summed E-state index contributed by atoms with van der Waals surface area (Å²) in [6, 6.07) is 1.78. The van der Waals surface area contributed by atoms with Gasteiger partial charge in [-0.3, -0.25) is 9.48 Å². The normalized spacial score (nSPS) is 12.6. The number of ketones is 1. The molecule has 0 saturated heterocycles. The molecule has 4 nitrogen and oxygen atoms in total. The summed E-state index contributed by atoms with van der Waals surface area (Å²) in [6.07, 6.45) is 4.03. The van der Waals surface area contributed by atoms with Gasteiger partial charge in [0.25, 0.3) is 0 Å². The molecule has 0 aromatic carbocycles. The molecule has 1 rings (SSSR count). The van der Waals surface area contributed by atoms with Gasteiger partial charge in [0.2, 0.25) is 5.78 Å². The van der Waals surface area contributed by atoms with E-state index in [4.69, 9.17) is 4.74 Å². The molecule has 1 atom stereocenters. The SMILES string of the molecule is CCCC(OCC)C(=O)c1ccnn1CCC. The number of carbonyl (C=O) groups excluding carboxylic acids is 1. The van der Waals surface area contributed by atoms with Crippen molar-refractivity contribution in [3.63, 3.8) is 0 Å². The van der Waals surface area contributed by atoms with Gasteiger partial charge in [-0.25, -0.2) is 0 Å². The maximum atomic E-state index is 12.3. The highest BCUT2D eigenvalue weighted by atomic mass is 16.5. The number of rotatable bonds is 8. The Morgan fingerprint density at radius 2 is 2.18 bits per heavy atom. The lowest BCUT2D eigenvalue weighted by atomic mass is 10.1. The maximum absolute atomic E-state index is 12.3. The molecule has 17 heavy (non-hydrogen) atoms. The minimum Gasteiger partial charge on any atom is -0.370 e. The number of Topliss-reactive ketones (excluding diaryl/α,β-unsaturated/α-hetero) is 1. The Morgan fingerprint density at radius 1 is 1.41 bits per heavy atom. The van der Waals surface area contributed by atoms with Crippen LogP contribution in [0.25, 0.3) is 0 Å². The standard InChI is InChI=1S/C13H22N2O2/c1-4-7-12(17-6-3)13(16)11-8-9-14-15(11)10-5-2/h8-9,12H,4-7,10H2,1-3H3. The van der Waals surface area contributed by atoms with Crippen LogP contribution in [0.4, 0.5) is 0 Å². The van der Waals surface area contributed by atoms with Crippen molar-refractivity contribution in [2.45, 2.75) is 52.7 Å². The number of carbonyl (C=O) groups is 1. The fourth-order valence-corrected chi connectivity index (χ4v) is 1.85. The summed E-state index contributed by atoms with van der Waals surface area (Å²) in [5, 5.41) is 4.17. The molecule has 0 bridgehead atoms. The Hall–Kier alpha value is -1.16. The minimum atomic E-state index is -0.322. The summed E-state index contributed by atoms with van der Waals surface area (Å²) in [7, 11) is 0. The van der Waals surface area contributed by atoms with Crippen LogP contribution in [0.2, 0.25) is 0 Å². The van der Waals surface area contributed by atoms with E-state index in [0.29, 0.717) is 12.3 Å². The van der Waals surface area contributed by atoms with E-state index >= 15 is 0 Å². The third-order valence-corrected chi connectivity index (χ3v) is 2.62. The fourth-order valence-electron chi connectivity index (χ4n) is 1.85. The molecule has 0 saturated carbocycles. The van der Waals surface area contributed by atoms with Gasteiger partial charge in [-0.1, -0.05) is 20.3 Å². The molecule has 0 N–H and O–H groups in total. The van der Waals surface area contributed by atoms with E-state index in [-0.39, 0.29) is 11.9 Å². The van der Waals surface area contributed by atoms with Crippen LogP contribution in [0.15, 0.2) is 12.3 Å². The van der Waals surface area contributed by atoms with Crippen LogP contribution in [0.3, 0.4) is 0 Å². The van der Waals surface area contributed by atoms with Gasteiger partial charge in [-0.15, -0.1) is 0 Å². The number of aryl methyl sites for hydroxylation is 1. The van der Waals surface area contributed by atoms with E-state index in [9.17, 15) is 4.79 Å². The molecule has 0 aliphatic rings. The van der Waals surface area contributed by atoms with Gasteiger partial charge in [0, 0.05) is 19.3 Å². The van der Waals surface area contributed by atoms with Gasteiger partial charge in [0.1, 0.15) is 11.8 Å². The van der Waals surface area contributed by atoms with Crippen LogP contribution < -0.4 is 0 Å². The Bertz CT molecular complexity index is 341. The van der Waals surface area contributed by atoms with Crippen molar-refractivity contribution in [2.75, 3.05) is 6.61 Å². The molecule has 1 aromatic heterocycles. The number of nitrogens with zero attached hydrogens (tertiary/aromatic N) is 2. The van der Waals surface area contributed by atoms with E-state index in [1.165, 1.54) is 0 Å². The van der Waals surface area contributed by atoms with E-state index in [1.54, 1.807) is 16.9 Å². The van der Waals surface area contributed by atoms with Crippen LogP contribution in [0.5, 0.6) is 0 Å². The van der Waals surface area contributed by atoms with Crippen LogP contribution >= 0.6 is 0 Å². The van der Waals surface area contributed by atoms with E-state index in [0.717, 1.165) is 25.8 Å². The van der Waals surface area contributed by atoms with Gasteiger partial charge >= 0.3 is 0 Å². The van der Waals surface area contributed by atoms with Crippen molar-refractivity contribution in [1.82, 2.24) is 9.78 Å². The number of hydrogen-bond acceptors (Lipinski definition) is 3. The molecule has 0 amide bonds. The highest BCUT2D eigenvalue weighted by Gasteiger charge is 2.22. The molecule has 4 heteroatoms. The van der Waals surface area contributed by atoms with Crippen LogP contribution in [-0.4, -0.2) is 28.3 Å². The summed E-state index contributed by atoms with van der Waals surface area (Å²) in [5.41, 5.74) is 0.666. The van der Waals surface area contributed by atoms with E-state index < -0.39 is 0 Å². The van der Waals surface area contributed by atoms with Crippen molar-refractivity contribution < 1.29 is 9.53 Å². The number of ether oxygens (including phenoxy) is 1. The monoisotopic (exact) mass is 238 g/mol. The molecule has 0 radical (unpaired) electrons. The molecule has 0 aliphatic heterocycles. The lowest BCUT2D eigenvalue weighted by Crippen LogP contribution is -2.27. The zero-order valence-corrected chi connectivity index (χ0v) is 11.0. The van der Waals surface area contributed by atoms with Crippen LogP contribution in [0.1, 0.15) is 50.5 Å². The van der Waals surface area contributed by atoms with Crippen LogP contribution in [0, 0.1) is 0 Å². The Morgan fingerprint density at radius 3 is 2.76 bits per heavy atom. The molecule has 1 aromatic rings. The third-order valence-electron chi connectivity index (χ3n) is 2.62. The Labute approximate surface area is 103 Å². The van der Waals surface area contributed by atoms with Crippen molar-refractivity contribution in [1.29, 1.82) is 0 Å². The summed E-state index contributed by atoms with van der Waals surface area (Å²) in [4.78, 5) is 12.3. The first-order valence-corrected chi connectivity index (χ1v) is 6.42. The van der Waals surface area contributed by atoms with Crippen molar-refractivity contribution >= 4 is 5.78 Å². The Kier molecular flexibility index (Phi) is 5.91. The highest BCUT2D eigenvalue weighted by molar-refractivity contribution is 5.97. The average molecular weight is 238 g/mol. The maximum Gasteiger partial charge on any atom is 0.209 e. The van der Waals surface area contributed by atoms with Gasteiger partial charge in [0.15, 0.2) is 0 Å². The quantitative estimate of drug-likeness (QED) is 0.654. The molecule has 0 aliphatic carbocycles. The first-order chi connectivity index (χ1) is 8.24. The predicted octanol–water partition coefficient (Wildman–Crippen LogP) is 2.68.